The molecule has 0 fully saturated rings. The first-order valence-corrected chi connectivity index (χ1v) is 4.96. The van der Waals surface area contributed by atoms with Gasteiger partial charge in [0.1, 0.15) is 5.75 Å². The van der Waals surface area contributed by atoms with Crippen LogP contribution in [0.4, 0.5) is 0 Å². The van der Waals surface area contributed by atoms with E-state index in [1.807, 2.05) is 12.1 Å². The lowest BCUT2D eigenvalue weighted by Crippen LogP contribution is -2.13. The van der Waals surface area contributed by atoms with Crippen molar-refractivity contribution in [2.45, 2.75) is 12.8 Å². The molecule has 0 aliphatic rings. The van der Waals surface area contributed by atoms with Crippen molar-refractivity contribution in [3.05, 3.63) is 24.5 Å². The standard InChI is InChI=1S/C11H18N2O/c1-13(2)8-3-4-9-14-11-6-5-7-12-10-11/h5-7,10H,3-4,8-9H2,1-2H3. The van der Waals surface area contributed by atoms with Gasteiger partial charge in [-0.3, -0.25) is 4.98 Å². The third kappa shape index (κ3) is 4.82. The largest absolute Gasteiger partial charge is 0.492 e. The monoisotopic (exact) mass is 194 g/mol. The van der Waals surface area contributed by atoms with Gasteiger partial charge in [-0.1, -0.05) is 0 Å². The summed E-state index contributed by atoms with van der Waals surface area (Å²) in [5.41, 5.74) is 0. The zero-order valence-electron chi connectivity index (χ0n) is 8.94. The van der Waals surface area contributed by atoms with Crippen molar-refractivity contribution in [2.75, 3.05) is 27.2 Å². The van der Waals surface area contributed by atoms with Gasteiger partial charge in [0.05, 0.1) is 12.8 Å². The Morgan fingerprint density at radius 3 is 2.86 bits per heavy atom. The van der Waals surface area contributed by atoms with E-state index in [1.165, 1.54) is 6.42 Å². The minimum absolute atomic E-state index is 0.777. The number of hydrogen-bond acceptors (Lipinski definition) is 3. The normalized spacial score (nSPS) is 10.5. The van der Waals surface area contributed by atoms with E-state index in [9.17, 15) is 0 Å². The van der Waals surface area contributed by atoms with E-state index in [0.717, 1.165) is 25.3 Å². The van der Waals surface area contributed by atoms with Crippen molar-refractivity contribution in [3.8, 4) is 5.75 Å². The number of hydrogen-bond donors (Lipinski definition) is 0. The molecule has 0 N–H and O–H groups in total. The summed E-state index contributed by atoms with van der Waals surface area (Å²) in [6, 6.07) is 3.81. The predicted octanol–water partition coefficient (Wildman–Crippen LogP) is 1.80. The molecule has 0 saturated heterocycles. The van der Waals surface area contributed by atoms with Crippen LogP contribution in [0.2, 0.25) is 0 Å². The van der Waals surface area contributed by atoms with Crippen molar-refractivity contribution in [3.63, 3.8) is 0 Å². The fourth-order valence-corrected chi connectivity index (χ4v) is 1.15. The molecule has 0 spiro atoms. The Kier molecular flexibility index (Phi) is 5.00. The number of aromatic nitrogens is 1. The zero-order valence-corrected chi connectivity index (χ0v) is 8.94. The minimum atomic E-state index is 0.777. The average molecular weight is 194 g/mol. The van der Waals surface area contributed by atoms with Crippen LogP contribution >= 0.6 is 0 Å². The van der Waals surface area contributed by atoms with Gasteiger partial charge in [0.2, 0.25) is 0 Å². The van der Waals surface area contributed by atoms with Crippen LogP contribution in [-0.2, 0) is 0 Å². The van der Waals surface area contributed by atoms with Crippen LogP contribution in [0.15, 0.2) is 24.5 Å². The quantitative estimate of drug-likeness (QED) is 0.646. The Hall–Kier alpha value is -1.09. The van der Waals surface area contributed by atoms with Gasteiger partial charge in [-0.05, 0) is 45.6 Å². The predicted molar refractivity (Wildman–Crippen MR) is 57.5 cm³/mol. The summed E-state index contributed by atoms with van der Waals surface area (Å²) in [7, 11) is 4.17. The summed E-state index contributed by atoms with van der Waals surface area (Å²) in [6.45, 7) is 1.90. The Morgan fingerprint density at radius 1 is 1.36 bits per heavy atom. The number of ether oxygens (including phenoxy) is 1. The van der Waals surface area contributed by atoms with Crippen LogP contribution in [0.25, 0.3) is 0 Å². The summed E-state index contributed by atoms with van der Waals surface area (Å²) < 4.78 is 5.51. The maximum atomic E-state index is 5.51. The summed E-state index contributed by atoms with van der Waals surface area (Å²) in [6.07, 6.45) is 5.76. The van der Waals surface area contributed by atoms with Crippen LogP contribution in [0, 0.1) is 0 Å². The minimum Gasteiger partial charge on any atom is -0.492 e. The van der Waals surface area contributed by atoms with Crippen LogP contribution in [0.3, 0.4) is 0 Å². The van der Waals surface area contributed by atoms with Crippen LogP contribution in [0.1, 0.15) is 12.8 Å². The molecule has 1 rings (SSSR count). The van der Waals surface area contributed by atoms with Crippen molar-refractivity contribution < 1.29 is 4.74 Å². The van der Waals surface area contributed by atoms with E-state index in [4.69, 9.17) is 4.74 Å². The molecule has 0 saturated carbocycles. The molecular weight excluding hydrogens is 176 g/mol. The average Bonchev–Trinajstić information content (AvgIpc) is 2.18. The number of rotatable bonds is 6. The van der Waals surface area contributed by atoms with Crippen molar-refractivity contribution in [2.24, 2.45) is 0 Å². The number of unbranched alkanes of at least 4 members (excludes halogenated alkanes) is 1. The number of pyridine rings is 1. The molecule has 0 radical (unpaired) electrons. The molecule has 14 heavy (non-hydrogen) atoms. The summed E-state index contributed by atoms with van der Waals surface area (Å²) >= 11 is 0. The maximum absolute atomic E-state index is 5.51. The van der Waals surface area contributed by atoms with Crippen molar-refractivity contribution in [1.82, 2.24) is 9.88 Å². The highest BCUT2D eigenvalue weighted by Gasteiger charge is 1.93. The second-order valence-electron chi connectivity index (χ2n) is 3.55. The SMILES string of the molecule is CN(C)CCCCOc1cccnc1. The lowest BCUT2D eigenvalue weighted by Gasteiger charge is -2.09. The topological polar surface area (TPSA) is 25.4 Å². The molecule has 0 bridgehead atoms. The molecule has 0 aliphatic heterocycles. The maximum Gasteiger partial charge on any atom is 0.137 e. The molecule has 0 aromatic carbocycles. The number of nitrogens with zero attached hydrogens (tertiary/aromatic N) is 2. The van der Waals surface area contributed by atoms with E-state index >= 15 is 0 Å². The first kappa shape index (κ1) is 11.0. The second kappa shape index (κ2) is 6.38. The van der Waals surface area contributed by atoms with Gasteiger partial charge < -0.3 is 9.64 Å². The molecule has 3 nitrogen and oxygen atoms in total. The fourth-order valence-electron chi connectivity index (χ4n) is 1.15. The van der Waals surface area contributed by atoms with E-state index in [2.05, 4.69) is 24.0 Å². The summed E-state index contributed by atoms with van der Waals surface area (Å²) in [5.74, 6) is 0.859. The van der Waals surface area contributed by atoms with Crippen LogP contribution in [-0.4, -0.2) is 37.1 Å². The van der Waals surface area contributed by atoms with Gasteiger partial charge in [0.25, 0.3) is 0 Å². The third-order valence-corrected chi connectivity index (χ3v) is 1.90. The van der Waals surface area contributed by atoms with Gasteiger partial charge in [-0.15, -0.1) is 0 Å². The van der Waals surface area contributed by atoms with E-state index in [0.29, 0.717) is 0 Å². The van der Waals surface area contributed by atoms with Gasteiger partial charge in [0, 0.05) is 6.20 Å². The van der Waals surface area contributed by atoms with Gasteiger partial charge >= 0.3 is 0 Å². The summed E-state index contributed by atoms with van der Waals surface area (Å²) in [4.78, 5) is 6.16. The second-order valence-corrected chi connectivity index (χ2v) is 3.55. The lowest BCUT2D eigenvalue weighted by atomic mass is 10.3. The molecule has 1 aromatic rings. The zero-order chi connectivity index (χ0) is 10.2. The molecule has 1 heterocycles. The highest BCUT2D eigenvalue weighted by molar-refractivity contribution is 5.15. The lowest BCUT2D eigenvalue weighted by molar-refractivity contribution is 0.292. The highest BCUT2D eigenvalue weighted by atomic mass is 16.5. The molecule has 0 amide bonds. The van der Waals surface area contributed by atoms with Crippen LogP contribution in [0.5, 0.6) is 5.75 Å². The van der Waals surface area contributed by atoms with E-state index in [-0.39, 0.29) is 0 Å². The first-order valence-electron chi connectivity index (χ1n) is 4.96. The van der Waals surface area contributed by atoms with E-state index < -0.39 is 0 Å². The molecule has 3 heteroatoms. The van der Waals surface area contributed by atoms with Gasteiger partial charge in [-0.25, -0.2) is 0 Å². The van der Waals surface area contributed by atoms with Gasteiger partial charge in [-0.2, -0.15) is 0 Å². The Morgan fingerprint density at radius 2 is 2.21 bits per heavy atom. The third-order valence-electron chi connectivity index (χ3n) is 1.90. The first-order chi connectivity index (χ1) is 6.79. The molecule has 0 aliphatic carbocycles. The molecule has 0 unspecified atom stereocenters. The van der Waals surface area contributed by atoms with Crippen molar-refractivity contribution >= 4 is 0 Å². The van der Waals surface area contributed by atoms with E-state index in [1.54, 1.807) is 12.4 Å². The Bertz CT molecular complexity index is 236. The Labute approximate surface area is 85.7 Å². The van der Waals surface area contributed by atoms with Crippen molar-refractivity contribution in [1.29, 1.82) is 0 Å². The molecular formula is C11H18N2O. The smallest absolute Gasteiger partial charge is 0.137 e. The fraction of sp³-hybridized carbons (Fsp3) is 0.545. The van der Waals surface area contributed by atoms with Crippen LogP contribution < -0.4 is 4.74 Å². The molecule has 0 atom stereocenters. The molecule has 78 valence electrons. The summed E-state index contributed by atoms with van der Waals surface area (Å²) in [5, 5.41) is 0. The van der Waals surface area contributed by atoms with Gasteiger partial charge in [0.15, 0.2) is 0 Å². The highest BCUT2D eigenvalue weighted by Crippen LogP contribution is 2.06. The molecule has 1 aromatic heterocycles. The Balaban J connectivity index is 2.05.